The van der Waals surface area contributed by atoms with Gasteiger partial charge in [0.1, 0.15) is 12.4 Å². The summed E-state index contributed by atoms with van der Waals surface area (Å²) in [5.74, 6) is 1.86. The Morgan fingerprint density at radius 3 is 2.62 bits per heavy atom. The molecule has 0 unspecified atom stereocenters. The number of nitrogens with one attached hydrogen (secondary N) is 1. The number of thioether (sulfide) groups is 1. The molecule has 1 N–H and O–H groups in total. The van der Waals surface area contributed by atoms with Gasteiger partial charge in [0, 0.05) is 12.1 Å². The predicted octanol–water partition coefficient (Wildman–Crippen LogP) is 4.78. The molecule has 2 fully saturated rings. The van der Waals surface area contributed by atoms with E-state index in [0.29, 0.717) is 35.2 Å². The number of hydrogen-bond donors (Lipinski definition) is 1. The molecule has 1 aromatic carbocycles. The fourth-order valence-electron chi connectivity index (χ4n) is 3.73. The Labute approximate surface area is 180 Å². The highest BCUT2D eigenvalue weighted by Crippen LogP contribution is 2.39. The minimum Gasteiger partial charge on any atom is -0.484 e. The van der Waals surface area contributed by atoms with Gasteiger partial charge in [0.25, 0.3) is 0 Å². The van der Waals surface area contributed by atoms with E-state index in [1.54, 1.807) is 6.07 Å². The Bertz CT molecular complexity index is 832. The molecule has 0 saturated heterocycles. The molecule has 8 heteroatoms. The van der Waals surface area contributed by atoms with Crippen molar-refractivity contribution in [3.8, 4) is 5.75 Å². The van der Waals surface area contributed by atoms with Gasteiger partial charge in [-0.3, -0.25) is 9.36 Å². The molecular formula is C21H27ClN4O2S. The molecule has 6 nitrogen and oxygen atoms in total. The average Bonchev–Trinajstić information content (AvgIpc) is 3.52. The summed E-state index contributed by atoms with van der Waals surface area (Å²) in [7, 11) is 0. The van der Waals surface area contributed by atoms with E-state index in [1.807, 2.05) is 18.2 Å². The highest BCUT2D eigenvalue weighted by atomic mass is 35.5. The third kappa shape index (κ3) is 5.66. The zero-order valence-corrected chi connectivity index (χ0v) is 18.1. The van der Waals surface area contributed by atoms with Gasteiger partial charge in [-0.15, -0.1) is 10.2 Å². The Balaban J connectivity index is 1.34. The molecule has 0 atom stereocenters. The lowest BCUT2D eigenvalue weighted by molar-refractivity contribution is -0.119. The summed E-state index contributed by atoms with van der Waals surface area (Å²) in [5.41, 5.74) is 0. The molecule has 29 heavy (non-hydrogen) atoms. The van der Waals surface area contributed by atoms with E-state index >= 15 is 0 Å². The van der Waals surface area contributed by atoms with Gasteiger partial charge < -0.3 is 10.1 Å². The number of halogens is 1. The highest BCUT2D eigenvalue weighted by molar-refractivity contribution is 7.99. The van der Waals surface area contributed by atoms with Crippen LogP contribution in [0.5, 0.6) is 5.75 Å². The summed E-state index contributed by atoms with van der Waals surface area (Å²) in [4.78, 5) is 12.4. The third-order valence-electron chi connectivity index (χ3n) is 5.39. The first-order valence-corrected chi connectivity index (χ1v) is 11.8. The van der Waals surface area contributed by atoms with Crippen molar-refractivity contribution in [2.45, 2.75) is 75.2 Å². The van der Waals surface area contributed by atoms with Crippen molar-refractivity contribution < 1.29 is 9.53 Å². The second-order valence-corrected chi connectivity index (χ2v) is 9.11. The summed E-state index contributed by atoms with van der Waals surface area (Å²) in [6.45, 7) is 0.308. The quantitative estimate of drug-likeness (QED) is 0.478. The summed E-state index contributed by atoms with van der Waals surface area (Å²) >= 11 is 7.63. The van der Waals surface area contributed by atoms with Crippen molar-refractivity contribution in [3.63, 3.8) is 0 Å². The number of hydrogen-bond acceptors (Lipinski definition) is 5. The lowest BCUT2D eigenvalue weighted by Crippen LogP contribution is -2.35. The van der Waals surface area contributed by atoms with Crippen LogP contribution in [0.15, 0.2) is 29.4 Å². The van der Waals surface area contributed by atoms with Crippen LogP contribution in [-0.2, 0) is 11.4 Å². The fraction of sp³-hybridized carbons (Fsp3) is 0.571. The van der Waals surface area contributed by atoms with Gasteiger partial charge in [0.15, 0.2) is 11.0 Å². The van der Waals surface area contributed by atoms with Crippen molar-refractivity contribution in [2.24, 2.45) is 0 Å². The van der Waals surface area contributed by atoms with Gasteiger partial charge >= 0.3 is 0 Å². The first-order valence-electron chi connectivity index (χ1n) is 10.4. The molecule has 2 saturated carbocycles. The number of carbonyl (C=O) groups excluding carboxylic acids is 1. The standard InChI is InChI=1S/C21H27ClN4O2S/c22-17-9-5-6-10-18(17)28-13-19-24-25-21(26(19)16-11-12-16)29-14-20(27)23-15-7-3-1-2-4-8-15/h5-6,9-10,15-16H,1-4,7-8,11-14H2,(H,23,27). The maximum atomic E-state index is 12.4. The van der Waals surface area contributed by atoms with Gasteiger partial charge in [0.05, 0.1) is 10.8 Å². The van der Waals surface area contributed by atoms with Crippen LogP contribution in [0.25, 0.3) is 0 Å². The van der Waals surface area contributed by atoms with Crippen LogP contribution in [0.1, 0.15) is 63.2 Å². The number of carbonyl (C=O) groups is 1. The lowest BCUT2D eigenvalue weighted by Gasteiger charge is -2.16. The van der Waals surface area contributed by atoms with Gasteiger partial charge in [-0.2, -0.15) is 0 Å². The zero-order chi connectivity index (χ0) is 20.1. The maximum absolute atomic E-state index is 12.4. The highest BCUT2D eigenvalue weighted by Gasteiger charge is 2.30. The van der Waals surface area contributed by atoms with Gasteiger partial charge in [0.2, 0.25) is 5.91 Å². The van der Waals surface area contributed by atoms with Crippen molar-refractivity contribution in [2.75, 3.05) is 5.75 Å². The summed E-state index contributed by atoms with van der Waals surface area (Å²) < 4.78 is 7.97. The van der Waals surface area contributed by atoms with Crippen LogP contribution in [-0.4, -0.2) is 32.5 Å². The first-order chi connectivity index (χ1) is 14.2. The van der Waals surface area contributed by atoms with E-state index in [2.05, 4.69) is 20.1 Å². The third-order valence-corrected chi connectivity index (χ3v) is 6.65. The molecule has 156 valence electrons. The number of aromatic nitrogens is 3. The van der Waals surface area contributed by atoms with Gasteiger partial charge in [-0.25, -0.2) is 0 Å². The maximum Gasteiger partial charge on any atom is 0.230 e. The lowest BCUT2D eigenvalue weighted by atomic mass is 10.1. The van der Waals surface area contributed by atoms with Gasteiger partial charge in [-0.05, 0) is 37.8 Å². The second-order valence-electron chi connectivity index (χ2n) is 7.76. The van der Waals surface area contributed by atoms with E-state index in [0.717, 1.165) is 36.7 Å². The number of benzene rings is 1. The Morgan fingerprint density at radius 2 is 1.90 bits per heavy atom. The number of para-hydroxylation sites is 1. The van der Waals surface area contributed by atoms with Crippen molar-refractivity contribution in [3.05, 3.63) is 35.1 Å². The summed E-state index contributed by atoms with van der Waals surface area (Å²) in [6.07, 6.45) is 9.40. The number of ether oxygens (including phenoxy) is 1. The first kappa shape index (κ1) is 20.5. The molecule has 1 heterocycles. The van der Waals surface area contributed by atoms with Crippen molar-refractivity contribution in [1.29, 1.82) is 0 Å². The van der Waals surface area contributed by atoms with Crippen molar-refractivity contribution in [1.82, 2.24) is 20.1 Å². The van der Waals surface area contributed by atoms with Crippen LogP contribution >= 0.6 is 23.4 Å². The van der Waals surface area contributed by atoms with E-state index in [4.69, 9.17) is 16.3 Å². The Hall–Kier alpha value is -1.73. The molecule has 0 aliphatic heterocycles. The second kappa shape index (κ2) is 9.85. The SMILES string of the molecule is O=C(CSc1nnc(COc2ccccc2Cl)n1C1CC1)NC1CCCCCC1. The largest absolute Gasteiger partial charge is 0.484 e. The molecular weight excluding hydrogens is 408 g/mol. The zero-order valence-electron chi connectivity index (χ0n) is 16.5. The molecule has 1 aromatic heterocycles. The Kier molecular flexibility index (Phi) is 6.98. The predicted molar refractivity (Wildman–Crippen MR) is 114 cm³/mol. The fourth-order valence-corrected chi connectivity index (χ4v) is 4.76. The smallest absolute Gasteiger partial charge is 0.230 e. The normalized spacial score (nSPS) is 17.7. The summed E-state index contributed by atoms with van der Waals surface area (Å²) in [5, 5.41) is 13.2. The van der Waals surface area contributed by atoms with Crippen LogP contribution in [0.2, 0.25) is 5.02 Å². The molecule has 2 aliphatic carbocycles. The van der Waals surface area contributed by atoms with Crippen molar-refractivity contribution >= 4 is 29.3 Å². The van der Waals surface area contributed by atoms with Crippen LogP contribution in [0.3, 0.4) is 0 Å². The van der Waals surface area contributed by atoms with E-state index in [9.17, 15) is 4.79 Å². The van der Waals surface area contributed by atoms with Gasteiger partial charge in [-0.1, -0.05) is 61.2 Å². The van der Waals surface area contributed by atoms with E-state index < -0.39 is 0 Å². The number of amides is 1. The molecule has 2 aliphatic rings. The number of rotatable bonds is 8. The van der Waals surface area contributed by atoms with Crippen LogP contribution < -0.4 is 10.1 Å². The molecule has 4 rings (SSSR count). The molecule has 2 aromatic rings. The topological polar surface area (TPSA) is 69.0 Å². The minimum atomic E-state index is 0.0844. The Morgan fingerprint density at radius 1 is 1.14 bits per heavy atom. The molecule has 1 amide bonds. The van der Waals surface area contributed by atoms with Crippen LogP contribution in [0, 0.1) is 0 Å². The van der Waals surface area contributed by atoms with E-state index in [1.165, 1.54) is 37.4 Å². The number of nitrogens with zero attached hydrogens (tertiary/aromatic N) is 3. The van der Waals surface area contributed by atoms with Crippen LogP contribution in [0.4, 0.5) is 0 Å². The molecule has 0 spiro atoms. The summed E-state index contributed by atoms with van der Waals surface area (Å²) in [6, 6.07) is 8.14. The molecule has 0 radical (unpaired) electrons. The molecule has 0 bridgehead atoms. The monoisotopic (exact) mass is 434 g/mol. The minimum absolute atomic E-state index is 0.0844. The average molecular weight is 435 g/mol. The van der Waals surface area contributed by atoms with E-state index in [-0.39, 0.29) is 5.91 Å².